The lowest BCUT2D eigenvalue weighted by atomic mass is 10.1. The highest BCUT2D eigenvalue weighted by molar-refractivity contribution is 7.89. The first-order valence-corrected chi connectivity index (χ1v) is 15.1. The maximum atomic E-state index is 11.9. The van der Waals surface area contributed by atoms with E-state index in [2.05, 4.69) is 50.0 Å². The third kappa shape index (κ3) is 6.20. The highest BCUT2D eigenvalue weighted by Gasteiger charge is 2.42. The van der Waals surface area contributed by atoms with Crippen LogP contribution in [0.3, 0.4) is 0 Å². The summed E-state index contributed by atoms with van der Waals surface area (Å²) >= 11 is 0. The summed E-state index contributed by atoms with van der Waals surface area (Å²) in [5, 5.41) is 33.6. The molecule has 5 rings (SSSR count). The number of aliphatic hydroxyl groups is 2. The molecular weight excluding hydrogens is 518 g/mol. The predicted octanol–water partition coefficient (Wildman–Crippen LogP) is 1.20. The molecule has 4 N–H and O–H groups in total. The number of hydrogen-bond acceptors (Lipinski definition) is 9. The van der Waals surface area contributed by atoms with Gasteiger partial charge in [0.2, 0.25) is 0 Å². The number of benzene rings is 1. The Morgan fingerprint density at radius 2 is 1.85 bits per heavy atom. The summed E-state index contributed by atoms with van der Waals surface area (Å²) in [7, 11) is -3.52. The Morgan fingerprint density at radius 3 is 2.62 bits per heavy atom. The van der Waals surface area contributed by atoms with E-state index in [1.54, 1.807) is 12.3 Å². The summed E-state index contributed by atoms with van der Waals surface area (Å²) in [5.41, 5.74) is 3.04. The minimum absolute atomic E-state index is 0.122. The molecule has 1 aliphatic rings. The number of fused-ring (bicyclic) bond motifs is 1. The van der Waals surface area contributed by atoms with Crippen molar-refractivity contribution in [1.82, 2.24) is 34.4 Å². The Kier molecular flexibility index (Phi) is 8.38. The van der Waals surface area contributed by atoms with E-state index >= 15 is 0 Å². The molecule has 0 bridgehead atoms. The van der Waals surface area contributed by atoms with Crippen LogP contribution in [0.15, 0.2) is 61.3 Å². The quantitative estimate of drug-likeness (QED) is 0.190. The molecule has 0 unspecified atom stereocenters. The molecule has 0 radical (unpaired) electrons. The van der Waals surface area contributed by atoms with E-state index in [9.17, 15) is 18.6 Å². The molecule has 208 valence electrons. The first kappa shape index (κ1) is 27.4. The van der Waals surface area contributed by atoms with Gasteiger partial charge in [0.15, 0.2) is 0 Å². The van der Waals surface area contributed by atoms with Crippen molar-refractivity contribution in [2.75, 3.05) is 32.4 Å². The van der Waals surface area contributed by atoms with Gasteiger partial charge in [-0.15, -0.1) is 0 Å². The molecule has 4 aromatic rings. The van der Waals surface area contributed by atoms with E-state index in [0.717, 1.165) is 42.8 Å². The third-order valence-corrected chi connectivity index (χ3v) is 8.23. The predicted molar refractivity (Wildman–Crippen MR) is 149 cm³/mol. The zero-order chi connectivity index (χ0) is 27.4. The molecule has 3 aromatic heterocycles. The molecule has 11 nitrogen and oxygen atoms in total. The van der Waals surface area contributed by atoms with Crippen LogP contribution >= 0.6 is 0 Å². The van der Waals surface area contributed by atoms with Crippen molar-refractivity contribution in [2.45, 2.75) is 37.5 Å². The fraction of sp³-hybridized carbons (Fsp3) is 0.444. The summed E-state index contributed by atoms with van der Waals surface area (Å²) in [4.78, 5) is 8.56. The van der Waals surface area contributed by atoms with Crippen molar-refractivity contribution in [1.29, 1.82) is 0 Å². The molecule has 1 saturated carbocycles. The fourth-order valence-electron chi connectivity index (χ4n) is 5.29. The maximum absolute atomic E-state index is 11.9. The molecule has 4 atom stereocenters. The Labute approximate surface area is 228 Å². The smallest absolute Gasteiger partial charge is 0.250 e. The minimum atomic E-state index is -3.52. The largest absolute Gasteiger partial charge is 0.390 e. The van der Waals surface area contributed by atoms with Crippen LogP contribution in [0.25, 0.3) is 22.3 Å². The van der Waals surface area contributed by atoms with Gasteiger partial charge in [0, 0.05) is 42.0 Å². The van der Waals surface area contributed by atoms with Gasteiger partial charge in [-0.1, -0.05) is 30.3 Å². The van der Waals surface area contributed by atoms with Gasteiger partial charge < -0.3 is 25.4 Å². The van der Waals surface area contributed by atoms with Crippen LogP contribution in [0.2, 0.25) is 0 Å². The van der Waals surface area contributed by atoms with Gasteiger partial charge in [0.1, 0.15) is 18.1 Å². The molecule has 1 fully saturated rings. The third-order valence-electron chi connectivity index (χ3n) is 7.35. The fourth-order valence-corrected chi connectivity index (χ4v) is 5.81. The average molecular weight is 554 g/mol. The van der Waals surface area contributed by atoms with Crippen LogP contribution < -0.4 is 10.6 Å². The van der Waals surface area contributed by atoms with Crippen molar-refractivity contribution in [3.05, 3.63) is 66.9 Å². The number of rotatable bonds is 12. The lowest BCUT2D eigenvalue weighted by Crippen LogP contribution is -2.34. The SMILES string of the molecule is CS(=O)(=O)n1ccc(-c2cn([C@@H]3C[C@H](CNCCCNCCc4ccccc4)[C@@H](O)[C@H]3O)c3ncncc23)n1. The van der Waals surface area contributed by atoms with Gasteiger partial charge in [0.05, 0.1) is 24.1 Å². The number of aliphatic hydroxyl groups excluding tert-OH is 2. The van der Waals surface area contributed by atoms with E-state index in [-0.39, 0.29) is 5.92 Å². The Hall–Kier alpha value is -3.16. The van der Waals surface area contributed by atoms with Crippen LogP contribution in [0.5, 0.6) is 0 Å². The van der Waals surface area contributed by atoms with Gasteiger partial charge in [-0.3, -0.25) is 0 Å². The van der Waals surface area contributed by atoms with Crippen molar-refractivity contribution < 1.29 is 18.6 Å². The van der Waals surface area contributed by atoms with E-state index in [1.807, 2.05) is 16.8 Å². The zero-order valence-corrected chi connectivity index (χ0v) is 22.7. The Balaban J connectivity index is 1.18. The monoisotopic (exact) mass is 553 g/mol. The first-order valence-electron chi connectivity index (χ1n) is 13.2. The van der Waals surface area contributed by atoms with Crippen LogP contribution in [0.1, 0.15) is 24.4 Å². The minimum Gasteiger partial charge on any atom is -0.390 e. The summed E-state index contributed by atoms with van der Waals surface area (Å²) in [6.07, 6.45) is 8.06. The number of hydrogen-bond donors (Lipinski definition) is 4. The highest BCUT2D eigenvalue weighted by Crippen LogP contribution is 2.39. The van der Waals surface area contributed by atoms with Crippen molar-refractivity contribution in [3.63, 3.8) is 0 Å². The highest BCUT2D eigenvalue weighted by atomic mass is 32.2. The van der Waals surface area contributed by atoms with E-state index in [0.29, 0.717) is 35.3 Å². The average Bonchev–Trinajstić information content (AvgIpc) is 3.63. The van der Waals surface area contributed by atoms with Gasteiger partial charge in [-0.25, -0.2) is 18.4 Å². The lowest BCUT2D eigenvalue weighted by Gasteiger charge is -2.19. The topological polar surface area (TPSA) is 147 Å². The first-order chi connectivity index (χ1) is 18.8. The van der Waals surface area contributed by atoms with E-state index < -0.39 is 28.3 Å². The van der Waals surface area contributed by atoms with E-state index in [4.69, 9.17) is 0 Å². The second-order valence-corrected chi connectivity index (χ2v) is 12.0. The summed E-state index contributed by atoms with van der Waals surface area (Å²) in [5.74, 6) is -0.122. The number of aromatic nitrogens is 5. The molecule has 0 spiro atoms. The van der Waals surface area contributed by atoms with Gasteiger partial charge in [0.25, 0.3) is 10.0 Å². The van der Waals surface area contributed by atoms with Crippen molar-refractivity contribution in [2.24, 2.45) is 5.92 Å². The van der Waals surface area contributed by atoms with Gasteiger partial charge in [-0.2, -0.15) is 9.19 Å². The maximum Gasteiger partial charge on any atom is 0.250 e. The van der Waals surface area contributed by atoms with Crippen molar-refractivity contribution >= 4 is 21.1 Å². The van der Waals surface area contributed by atoms with E-state index in [1.165, 1.54) is 18.1 Å². The molecule has 39 heavy (non-hydrogen) atoms. The van der Waals surface area contributed by atoms with Crippen LogP contribution in [0, 0.1) is 5.92 Å². The Morgan fingerprint density at radius 1 is 1.05 bits per heavy atom. The molecule has 0 amide bonds. The second-order valence-electron chi connectivity index (χ2n) is 10.1. The van der Waals surface area contributed by atoms with Crippen LogP contribution in [-0.4, -0.2) is 87.0 Å². The molecule has 1 aromatic carbocycles. The van der Waals surface area contributed by atoms with Gasteiger partial charge in [-0.05, 0) is 50.5 Å². The number of nitrogens with one attached hydrogen (secondary N) is 2. The molecule has 12 heteroatoms. The standard InChI is InChI=1S/C27H35N7O4S/c1-39(37,38)34-13-9-23(32-34)22-17-33(27-21(22)16-30-18-31-27)24-14-20(25(35)26(24)36)15-29-11-5-10-28-12-8-19-6-3-2-4-7-19/h2-4,6-7,9,13,16-18,20,24-26,28-29,35-36H,5,8,10-12,14-15H2,1H3/t20-,24-,25-,26+/m1/s1. The summed E-state index contributed by atoms with van der Waals surface area (Å²) < 4.78 is 26.6. The Bertz CT molecular complexity index is 1490. The molecular formula is C27H35N7O4S. The van der Waals surface area contributed by atoms with Crippen LogP contribution in [-0.2, 0) is 16.4 Å². The number of nitrogens with zero attached hydrogens (tertiary/aromatic N) is 5. The second kappa shape index (κ2) is 11.9. The van der Waals surface area contributed by atoms with Crippen LogP contribution in [0.4, 0.5) is 0 Å². The van der Waals surface area contributed by atoms with Crippen molar-refractivity contribution in [3.8, 4) is 11.3 Å². The molecule has 0 aliphatic heterocycles. The summed E-state index contributed by atoms with van der Waals surface area (Å²) in [6.45, 7) is 3.25. The normalized spacial score (nSPS) is 21.6. The molecule has 0 saturated heterocycles. The summed E-state index contributed by atoms with van der Waals surface area (Å²) in [6, 6.07) is 11.6. The zero-order valence-electron chi connectivity index (χ0n) is 21.9. The molecule has 1 aliphatic carbocycles. The van der Waals surface area contributed by atoms with Gasteiger partial charge >= 0.3 is 0 Å². The molecule has 3 heterocycles. The lowest BCUT2D eigenvalue weighted by molar-refractivity contribution is 0.00695.